The second-order valence-electron chi connectivity index (χ2n) is 4.75. The van der Waals surface area contributed by atoms with E-state index in [1.165, 1.54) is 8.61 Å². The van der Waals surface area contributed by atoms with E-state index >= 15 is 0 Å². The van der Waals surface area contributed by atoms with Crippen molar-refractivity contribution in [3.05, 3.63) is 0 Å². The smallest absolute Gasteiger partial charge is 0.281 e. The molecule has 1 heterocycles. The molecule has 1 fully saturated rings. The maximum atomic E-state index is 12.3. The molecule has 1 saturated heterocycles. The van der Waals surface area contributed by atoms with Gasteiger partial charge in [0.2, 0.25) is 0 Å². The number of ether oxygens (including phenoxy) is 1. The molecule has 1 N–H and O–H groups in total. The number of aliphatic hydroxyl groups excluding tert-OH is 1. The standard InChI is InChI=1S/C11H24N2O4S/c1-4-5-6-12(3)18(15,16)13-7-10(2)17-11(8-13)9-14/h10-11,14H,4-9H2,1-3H3. The molecule has 0 aromatic heterocycles. The first-order chi connectivity index (χ1) is 8.41. The lowest BCUT2D eigenvalue weighted by Gasteiger charge is -2.37. The summed E-state index contributed by atoms with van der Waals surface area (Å²) in [6, 6.07) is 0. The van der Waals surface area contributed by atoms with Crippen molar-refractivity contribution in [2.24, 2.45) is 0 Å². The Balaban J connectivity index is 2.71. The summed E-state index contributed by atoms with van der Waals surface area (Å²) in [5.41, 5.74) is 0. The van der Waals surface area contributed by atoms with E-state index in [0.717, 1.165) is 12.8 Å². The van der Waals surface area contributed by atoms with Crippen LogP contribution >= 0.6 is 0 Å². The summed E-state index contributed by atoms with van der Waals surface area (Å²) in [5, 5.41) is 9.11. The highest BCUT2D eigenvalue weighted by Crippen LogP contribution is 2.17. The molecule has 0 aliphatic carbocycles. The molecular formula is C11H24N2O4S. The second-order valence-corrected chi connectivity index (χ2v) is 6.79. The molecule has 0 aromatic carbocycles. The summed E-state index contributed by atoms with van der Waals surface area (Å²) in [4.78, 5) is 0. The van der Waals surface area contributed by atoms with Gasteiger partial charge in [0.15, 0.2) is 0 Å². The molecule has 0 saturated carbocycles. The first-order valence-electron chi connectivity index (χ1n) is 6.39. The maximum Gasteiger partial charge on any atom is 0.281 e. The van der Waals surface area contributed by atoms with Crippen molar-refractivity contribution in [1.82, 2.24) is 8.61 Å². The van der Waals surface area contributed by atoms with E-state index < -0.39 is 16.3 Å². The van der Waals surface area contributed by atoms with Crippen molar-refractivity contribution in [3.8, 4) is 0 Å². The fourth-order valence-corrected chi connectivity index (χ4v) is 3.49. The summed E-state index contributed by atoms with van der Waals surface area (Å²) in [6.45, 7) is 4.77. The van der Waals surface area contributed by atoms with Gasteiger partial charge in [-0.15, -0.1) is 0 Å². The van der Waals surface area contributed by atoms with Gasteiger partial charge in [-0.25, -0.2) is 0 Å². The zero-order valence-electron chi connectivity index (χ0n) is 11.4. The number of aliphatic hydroxyl groups is 1. The third-order valence-corrected chi connectivity index (χ3v) is 4.96. The summed E-state index contributed by atoms with van der Waals surface area (Å²) < 4.78 is 32.9. The summed E-state index contributed by atoms with van der Waals surface area (Å²) >= 11 is 0. The molecule has 108 valence electrons. The monoisotopic (exact) mass is 280 g/mol. The van der Waals surface area contributed by atoms with Gasteiger partial charge in [0.1, 0.15) is 0 Å². The molecule has 0 amide bonds. The predicted molar refractivity (Wildman–Crippen MR) is 69.5 cm³/mol. The van der Waals surface area contributed by atoms with Gasteiger partial charge in [-0.1, -0.05) is 13.3 Å². The minimum Gasteiger partial charge on any atom is -0.394 e. The number of nitrogens with zero attached hydrogens (tertiary/aromatic N) is 2. The van der Waals surface area contributed by atoms with Gasteiger partial charge in [-0.2, -0.15) is 17.0 Å². The minimum absolute atomic E-state index is 0.158. The molecule has 2 unspecified atom stereocenters. The number of morpholine rings is 1. The molecule has 0 bridgehead atoms. The van der Waals surface area contributed by atoms with Crippen molar-refractivity contribution >= 4 is 10.2 Å². The van der Waals surface area contributed by atoms with Gasteiger partial charge in [0, 0.05) is 26.7 Å². The van der Waals surface area contributed by atoms with E-state index in [0.29, 0.717) is 13.1 Å². The number of rotatable bonds is 6. The van der Waals surface area contributed by atoms with Crippen LogP contribution in [0.25, 0.3) is 0 Å². The number of hydrogen-bond acceptors (Lipinski definition) is 4. The zero-order chi connectivity index (χ0) is 13.8. The van der Waals surface area contributed by atoms with Crippen LogP contribution in [0.2, 0.25) is 0 Å². The molecule has 7 heteroatoms. The summed E-state index contributed by atoms with van der Waals surface area (Å²) in [6.07, 6.45) is 1.19. The van der Waals surface area contributed by atoms with Gasteiger partial charge in [-0.05, 0) is 13.3 Å². The van der Waals surface area contributed by atoms with Gasteiger partial charge in [-0.3, -0.25) is 0 Å². The van der Waals surface area contributed by atoms with Crippen LogP contribution in [0.3, 0.4) is 0 Å². The highest BCUT2D eigenvalue weighted by atomic mass is 32.2. The van der Waals surface area contributed by atoms with E-state index in [9.17, 15) is 8.42 Å². The summed E-state index contributed by atoms with van der Waals surface area (Å²) in [7, 11) is -1.84. The van der Waals surface area contributed by atoms with Crippen molar-refractivity contribution < 1.29 is 18.3 Å². The average Bonchev–Trinajstić information content (AvgIpc) is 2.34. The van der Waals surface area contributed by atoms with E-state index in [1.807, 2.05) is 13.8 Å². The molecule has 1 aliphatic heterocycles. The SMILES string of the molecule is CCCCN(C)S(=O)(=O)N1CC(C)OC(CO)C1. The van der Waals surface area contributed by atoms with Crippen LogP contribution in [0.4, 0.5) is 0 Å². The third kappa shape index (κ3) is 3.89. The van der Waals surface area contributed by atoms with Crippen molar-refractivity contribution in [2.45, 2.75) is 38.9 Å². The molecule has 2 atom stereocenters. The lowest BCUT2D eigenvalue weighted by molar-refractivity contribution is -0.0759. The Morgan fingerprint density at radius 3 is 2.67 bits per heavy atom. The highest BCUT2D eigenvalue weighted by molar-refractivity contribution is 7.86. The quantitative estimate of drug-likeness (QED) is 0.746. The number of hydrogen-bond donors (Lipinski definition) is 1. The minimum atomic E-state index is -3.43. The Bertz CT molecular complexity index is 347. The second kappa shape index (κ2) is 6.81. The van der Waals surface area contributed by atoms with Crippen LogP contribution < -0.4 is 0 Å². The third-order valence-electron chi connectivity index (χ3n) is 3.04. The normalized spacial score (nSPS) is 26.7. The van der Waals surface area contributed by atoms with Crippen molar-refractivity contribution in [2.75, 3.05) is 33.3 Å². The molecule has 0 radical (unpaired) electrons. The predicted octanol–water partition coefficient (Wildman–Crippen LogP) is 0.0447. The zero-order valence-corrected chi connectivity index (χ0v) is 12.2. The van der Waals surface area contributed by atoms with Gasteiger partial charge in [0.25, 0.3) is 10.2 Å². The summed E-state index contributed by atoms with van der Waals surface area (Å²) in [5.74, 6) is 0. The largest absolute Gasteiger partial charge is 0.394 e. The molecule has 1 rings (SSSR count). The Morgan fingerprint density at radius 1 is 1.44 bits per heavy atom. The topological polar surface area (TPSA) is 70.1 Å². The average molecular weight is 280 g/mol. The molecule has 6 nitrogen and oxygen atoms in total. The van der Waals surface area contributed by atoms with Crippen molar-refractivity contribution in [3.63, 3.8) is 0 Å². The van der Waals surface area contributed by atoms with Crippen molar-refractivity contribution in [1.29, 1.82) is 0 Å². The van der Waals surface area contributed by atoms with E-state index in [2.05, 4.69) is 0 Å². The molecule has 18 heavy (non-hydrogen) atoms. The molecule has 0 spiro atoms. The number of unbranched alkanes of at least 4 members (excludes halogenated alkanes) is 1. The Labute approximate surface area is 110 Å². The molecule has 0 aromatic rings. The van der Waals surface area contributed by atoms with E-state index in [-0.39, 0.29) is 19.3 Å². The van der Waals surface area contributed by atoms with E-state index in [1.54, 1.807) is 7.05 Å². The molecular weight excluding hydrogens is 256 g/mol. The fraction of sp³-hybridized carbons (Fsp3) is 1.00. The first-order valence-corrected chi connectivity index (χ1v) is 7.79. The fourth-order valence-electron chi connectivity index (χ4n) is 1.99. The lowest BCUT2D eigenvalue weighted by atomic mass is 10.2. The Hall–Kier alpha value is -0.210. The van der Waals surface area contributed by atoms with Crippen LogP contribution in [0.1, 0.15) is 26.7 Å². The van der Waals surface area contributed by atoms with Gasteiger partial charge < -0.3 is 9.84 Å². The van der Waals surface area contributed by atoms with E-state index in [4.69, 9.17) is 9.84 Å². The Morgan fingerprint density at radius 2 is 2.11 bits per heavy atom. The van der Waals surface area contributed by atoms with Crippen LogP contribution in [0, 0.1) is 0 Å². The highest BCUT2D eigenvalue weighted by Gasteiger charge is 2.34. The van der Waals surface area contributed by atoms with Gasteiger partial charge >= 0.3 is 0 Å². The lowest BCUT2D eigenvalue weighted by Crippen LogP contribution is -2.53. The van der Waals surface area contributed by atoms with Crippen LogP contribution in [0.5, 0.6) is 0 Å². The molecule has 1 aliphatic rings. The van der Waals surface area contributed by atoms with Crippen LogP contribution in [-0.4, -0.2) is 67.6 Å². The van der Waals surface area contributed by atoms with Crippen LogP contribution in [-0.2, 0) is 14.9 Å². The first kappa shape index (κ1) is 15.8. The van der Waals surface area contributed by atoms with Gasteiger partial charge in [0.05, 0.1) is 18.8 Å². The van der Waals surface area contributed by atoms with Crippen LogP contribution in [0.15, 0.2) is 0 Å². The Kier molecular flexibility index (Phi) is 6.00. The maximum absolute atomic E-state index is 12.3.